The molecule has 0 fully saturated rings. The molecule has 0 saturated heterocycles. The summed E-state index contributed by atoms with van der Waals surface area (Å²) in [6, 6.07) is 11.6. The van der Waals surface area contributed by atoms with Crippen LogP contribution in [-0.4, -0.2) is 9.97 Å². The number of hydrogen-bond donors (Lipinski definition) is 1. The van der Waals surface area contributed by atoms with Gasteiger partial charge in [-0.25, -0.2) is 4.98 Å². The van der Waals surface area contributed by atoms with Crippen LogP contribution in [0.3, 0.4) is 0 Å². The Morgan fingerprint density at radius 1 is 1.06 bits per heavy atom. The lowest BCUT2D eigenvalue weighted by atomic mass is 10.1. The lowest BCUT2D eigenvalue weighted by Gasteiger charge is -2.00. The fourth-order valence-corrected chi connectivity index (χ4v) is 2.27. The topological polar surface area (TPSA) is 28.7 Å². The van der Waals surface area contributed by atoms with Crippen LogP contribution in [0.2, 0.25) is 10.0 Å². The van der Waals surface area contributed by atoms with Gasteiger partial charge in [-0.3, -0.25) is 0 Å². The molecule has 0 bridgehead atoms. The number of nitrogens with one attached hydrogen (secondary N) is 1. The van der Waals surface area contributed by atoms with Crippen LogP contribution < -0.4 is 0 Å². The SMILES string of the molecule is Cc1ccc(-c2nc3c(Cl)cccc3[nH]2)cc1Cl. The number of H-pyrrole nitrogens is 1. The molecule has 0 saturated carbocycles. The predicted molar refractivity (Wildman–Crippen MR) is 76.3 cm³/mol. The number of aryl methyl sites for hydroxylation is 1. The van der Waals surface area contributed by atoms with Crippen LogP contribution in [0, 0.1) is 6.92 Å². The van der Waals surface area contributed by atoms with Gasteiger partial charge in [-0.2, -0.15) is 0 Å². The van der Waals surface area contributed by atoms with Crippen molar-refractivity contribution >= 4 is 34.2 Å². The molecule has 0 aliphatic carbocycles. The largest absolute Gasteiger partial charge is 0.338 e. The summed E-state index contributed by atoms with van der Waals surface area (Å²) < 4.78 is 0. The van der Waals surface area contributed by atoms with Gasteiger partial charge in [-0.05, 0) is 30.7 Å². The van der Waals surface area contributed by atoms with Gasteiger partial charge in [0, 0.05) is 10.6 Å². The highest BCUT2D eigenvalue weighted by Gasteiger charge is 2.08. The molecule has 0 spiro atoms. The van der Waals surface area contributed by atoms with E-state index in [0.29, 0.717) is 5.02 Å². The number of rotatable bonds is 1. The lowest BCUT2D eigenvalue weighted by Crippen LogP contribution is -1.82. The van der Waals surface area contributed by atoms with Crippen molar-refractivity contribution in [2.24, 2.45) is 0 Å². The molecule has 18 heavy (non-hydrogen) atoms. The number of halogens is 2. The molecule has 3 rings (SSSR count). The van der Waals surface area contributed by atoms with E-state index in [0.717, 1.165) is 33.0 Å². The third-order valence-electron chi connectivity index (χ3n) is 2.91. The second-order valence-electron chi connectivity index (χ2n) is 4.19. The van der Waals surface area contributed by atoms with Crippen molar-refractivity contribution in [2.45, 2.75) is 6.92 Å². The maximum atomic E-state index is 6.13. The molecule has 0 unspecified atom stereocenters. The van der Waals surface area contributed by atoms with Gasteiger partial charge in [0.15, 0.2) is 0 Å². The molecule has 0 atom stereocenters. The molecule has 90 valence electrons. The van der Waals surface area contributed by atoms with E-state index in [-0.39, 0.29) is 0 Å². The zero-order valence-corrected chi connectivity index (χ0v) is 11.2. The highest BCUT2D eigenvalue weighted by Crippen LogP contribution is 2.27. The standard InChI is InChI=1S/C14H10Cl2N2/c1-8-5-6-9(7-11(8)16)14-17-12-4-2-3-10(15)13(12)18-14/h2-7H,1H3,(H,17,18). The molecular weight excluding hydrogens is 267 g/mol. The van der Waals surface area contributed by atoms with Gasteiger partial charge in [0.1, 0.15) is 11.3 Å². The first-order valence-electron chi connectivity index (χ1n) is 5.56. The van der Waals surface area contributed by atoms with E-state index >= 15 is 0 Å². The summed E-state index contributed by atoms with van der Waals surface area (Å²) in [5, 5.41) is 1.38. The van der Waals surface area contributed by atoms with Crippen LogP contribution in [-0.2, 0) is 0 Å². The first-order chi connectivity index (χ1) is 8.65. The predicted octanol–water partition coefficient (Wildman–Crippen LogP) is 4.85. The number of benzene rings is 2. The average molecular weight is 277 g/mol. The van der Waals surface area contributed by atoms with Gasteiger partial charge in [0.05, 0.1) is 10.5 Å². The summed E-state index contributed by atoms with van der Waals surface area (Å²) in [6.45, 7) is 1.97. The summed E-state index contributed by atoms with van der Waals surface area (Å²) in [7, 11) is 0. The third kappa shape index (κ3) is 1.88. The van der Waals surface area contributed by atoms with E-state index in [1.54, 1.807) is 0 Å². The number of para-hydroxylation sites is 1. The first-order valence-corrected chi connectivity index (χ1v) is 6.31. The minimum Gasteiger partial charge on any atom is -0.338 e. The number of nitrogens with zero attached hydrogens (tertiary/aromatic N) is 1. The Morgan fingerprint density at radius 3 is 2.61 bits per heavy atom. The number of hydrogen-bond acceptors (Lipinski definition) is 1. The Morgan fingerprint density at radius 2 is 1.89 bits per heavy atom. The number of imidazole rings is 1. The van der Waals surface area contributed by atoms with Crippen molar-refractivity contribution in [1.82, 2.24) is 9.97 Å². The fourth-order valence-electron chi connectivity index (χ4n) is 1.87. The molecule has 1 heterocycles. The Balaban J connectivity index is 2.19. The van der Waals surface area contributed by atoms with Crippen LogP contribution in [0.25, 0.3) is 22.4 Å². The Hall–Kier alpha value is -1.51. The number of aromatic nitrogens is 2. The Labute approximate surface area is 115 Å². The maximum Gasteiger partial charge on any atom is 0.138 e. The zero-order chi connectivity index (χ0) is 12.7. The van der Waals surface area contributed by atoms with Crippen molar-refractivity contribution in [3.05, 3.63) is 52.0 Å². The van der Waals surface area contributed by atoms with E-state index in [1.807, 2.05) is 43.3 Å². The molecular formula is C14H10Cl2N2. The molecule has 1 N–H and O–H groups in total. The summed E-state index contributed by atoms with van der Waals surface area (Å²) in [5.74, 6) is 0.778. The van der Waals surface area contributed by atoms with Crippen molar-refractivity contribution in [3.8, 4) is 11.4 Å². The third-order valence-corrected chi connectivity index (χ3v) is 3.62. The number of aromatic amines is 1. The highest BCUT2D eigenvalue weighted by molar-refractivity contribution is 6.35. The molecule has 0 radical (unpaired) electrons. The molecule has 4 heteroatoms. The van der Waals surface area contributed by atoms with E-state index < -0.39 is 0 Å². The Kier molecular flexibility index (Phi) is 2.77. The summed E-state index contributed by atoms with van der Waals surface area (Å²) in [5.41, 5.74) is 3.72. The quantitative estimate of drug-likeness (QED) is 0.677. The van der Waals surface area contributed by atoms with Gasteiger partial charge >= 0.3 is 0 Å². The zero-order valence-electron chi connectivity index (χ0n) is 9.67. The van der Waals surface area contributed by atoms with Crippen molar-refractivity contribution < 1.29 is 0 Å². The highest BCUT2D eigenvalue weighted by atomic mass is 35.5. The second-order valence-corrected chi connectivity index (χ2v) is 5.00. The molecule has 2 nitrogen and oxygen atoms in total. The van der Waals surface area contributed by atoms with Crippen molar-refractivity contribution in [1.29, 1.82) is 0 Å². The molecule has 1 aromatic heterocycles. The fraction of sp³-hybridized carbons (Fsp3) is 0.0714. The smallest absolute Gasteiger partial charge is 0.138 e. The van der Waals surface area contributed by atoms with Gasteiger partial charge in [-0.15, -0.1) is 0 Å². The summed E-state index contributed by atoms with van der Waals surface area (Å²) in [6.07, 6.45) is 0. The first kappa shape index (κ1) is 11.6. The van der Waals surface area contributed by atoms with E-state index in [9.17, 15) is 0 Å². The molecule has 0 aliphatic heterocycles. The molecule has 0 amide bonds. The van der Waals surface area contributed by atoms with Crippen molar-refractivity contribution in [3.63, 3.8) is 0 Å². The van der Waals surface area contributed by atoms with Gasteiger partial charge < -0.3 is 4.98 Å². The number of fused-ring (bicyclic) bond motifs is 1. The van der Waals surface area contributed by atoms with Gasteiger partial charge in [0.2, 0.25) is 0 Å². The second kappa shape index (κ2) is 4.30. The normalized spacial score (nSPS) is 11.1. The minimum absolute atomic E-state index is 0.646. The lowest BCUT2D eigenvalue weighted by molar-refractivity contribution is 1.33. The molecule has 0 aliphatic rings. The van der Waals surface area contributed by atoms with Crippen LogP contribution in [0.15, 0.2) is 36.4 Å². The van der Waals surface area contributed by atoms with Crippen LogP contribution in [0.1, 0.15) is 5.56 Å². The maximum absolute atomic E-state index is 6.13. The van der Waals surface area contributed by atoms with E-state index in [2.05, 4.69) is 9.97 Å². The average Bonchev–Trinajstić information content (AvgIpc) is 2.78. The monoisotopic (exact) mass is 276 g/mol. The van der Waals surface area contributed by atoms with Gasteiger partial charge in [0.25, 0.3) is 0 Å². The van der Waals surface area contributed by atoms with E-state index in [4.69, 9.17) is 23.2 Å². The summed E-state index contributed by atoms with van der Waals surface area (Å²) >= 11 is 12.2. The van der Waals surface area contributed by atoms with Crippen molar-refractivity contribution in [2.75, 3.05) is 0 Å². The van der Waals surface area contributed by atoms with E-state index in [1.165, 1.54) is 0 Å². The minimum atomic E-state index is 0.646. The van der Waals surface area contributed by atoms with Crippen LogP contribution in [0.4, 0.5) is 0 Å². The van der Waals surface area contributed by atoms with Crippen LogP contribution in [0.5, 0.6) is 0 Å². The van der Waals surface area contributed by atoms with Gasteiger partial charge in [-0.1, -0.05) is 41.4 Å². The Bertz CT molecular complexity index is 732. The van der Waals surface area contributed by atoms with Crippen LogP contribution >= 0.6 is 23.2 Å². The molecule has 3 aromatic rings. The molecule has 2 aromatic carbocycles. The summed E-state index contributed by atoms with van der Waals surface area (Å²) in [4.78, 5) is 7.75.